The van der Waals surface area contributed by atoms with E-state index in [2.05, 4.69) is 5.32 Å². The van der Waals surface area contributed by atoms with Crippen LogP contribution in [0.4, 0.5) is 5.69 Å². The highest BCUT2D eigenvalue weighted by molar-refractivity contribution is 5.98. The lowest BCUT2D eigenvalue weighted by Crippen LogP contribution is -2.19. The highest BCUT2D eigenvalue weighted by atomic mass is 16.5. The molecule has 6 heteroatoms. The predicted octanol–water partition coefficient (Wildman–Crippen LogP) is 1.69. The maximum absolute atomic E-state index is 11.8. The fraction of sp³-hybridized carbons (Fsp3) is 0.231. The Morgan fingerprint density at radius 2 is 2.11 bits per heavy atom. The van der Waals surface area contributed by atoms with Crippen molar-refractivity contribution < 1.29 is 19.4 Å². The Bertz CT molecular complexity index is 578. The second kappa shape index (κ2) is 5.01. The number of hydrogen-bond donors (Lipinski definition) is 3. The molecule has 0 saturated heterocycles. The molecule has 0 aliphatic carbocycles. The number of benzene rings is 1. The smallest absolute Gasteiger partial charge is 0.303 e. The molecule has 1 aliphatic heterocycles. The molecule has 1 aromatic carbocycles. The SMILES string of the molecule is CC1=C(N)Nc2cc(C(=O)CCC(=O)O)ccc2O1. The van der Waals surface area contributed by atoms with Crippen LogP contribution in [0.2, 0.25) is 0 Å². The average molecular weight is 262 g/mol. The van der Waals surface area contributed by atoms with Crippen LogP contribution >= 0.6 is 0 Å². The largest absolute Gasteiger partial charge is 0.481 e. The van der Waals surface area contributed by atoms with Crippen molar-refractivity contribution in [3.05, 3.63) is 35.3 Å². The number of Topliss-reactive ketones (excluding diaryl/α,β-unsaturated/α-hetero) is 1. The van der Waals surface area contributed by atoms with Crippen molar-refractivity contribution in [3.8, 4) is 5.75 Å². The van der Waals surface area contributed by atoms with Gasteiger partial charge in [0.05, 0.1) is 12.1 Å². The molecule has 0 amide bonds. The highest BCUT2D eigenvalue weighted by Gasteiger charge is 2.17. The highest BCUT2D eigenvalue weighted by Crippen LogP contribution is 2.32. The first-order valence-electron chi connectivity index (χ1n) is 5.77. The van der Waals surface area contributed by atoms with E-state index in [0.29, 0.717) is 28.6 Å². The Morgan fingerprint density at radius 3 is 2.79 bits per heavy atom. The molecule has 0 unspecified atom stereocenters. The van der Waals surface area contributed by atoms with E-state index in [9.17, 15) is 9.59 Å². The van der Waals surface area contributed by atoms with Gasteiger partial charge in [-0.05, 0) is 25.1 Å². The first-order chi connectivity index (χ1) is 8.97. The van der Waals surface area contributed by atoms with Gasteiger partial charge in [0.25, 0.3) is 0 Å². The van der Waals surface area contributed by atoms with E-state index in [0.717, 1.165) is 0 Å². The van der Waals surface area contributed by atoms with Gasteiger partial charge < -0.3 is 20.9 Å². The zero-order valence-electron chi connectivity index (χ0n) is 10.4. The monoisotopic (exact) mass is 262 g/mol. The number of carbonyl (C=O) groups excluding carboxylic acids is 1. The van der Waals surface area contributed by atoms with Gasteiger partial charge in [0, 0.05) is 12.0 Å². The second-order valence-electron chi connectivity index (χ2n) is 4.22. The maximum atomic E-state index is 11.8. The summed E-state index contributed by atoms with van der Waals surface area (Å²) >= 11 is 0. The summed E-state index contributed by atoms with van der Waals surface area (Å²) in [5.74, 6) is 0.328. The molecule has 0 radical (unpaired) electrons. The summed E-state index contributed by atoms with van der Waals surface area (Å²) in [5, 5.41) is 11.5. The molecule has 1 heterocycles. The number of ketones is 1. The molecule has 1 aliphatic rings. The number of nitrogens with one attached hydrogen (secondary N) is 1. The molecular formula is C13H14N2O4. The normalized spacial score (nSPS) is 13.3. The van der Waals surface area contributed by atoms with Crippen LogP contribution in [0.15, 0.2) is 29.8 Å². The third-order valence-corrected chi connectivity index (χ3v) is 2.78. The summed E-state index contributed by atoms with van der Waals surface area (Å²) in [7, 11) is 0. The van der Waals surface area contributed by atoms with Gasteiger partial charge in [0.15, 0.2) is 11.5 Å². The van der Waals surface area contributed by atoms with Crippen LogP contribution in [0.3, 0.4) is 0 Å². The lowest BCUT2D eigenvalue weighted by Gasteiger charge is -2.21. The Morgan fingerprint density at radius 1 is 1.37 bits per heavy atom. The van der Waals surface area contributed by atoms with Crippen LogP contribution in [0, 0.1) is 0 Å². The van der Waals surface area contributed by atoms with Crippen molar-refractivity contribution in [1.82, 2.24) is 0 Å². The zero-order chi connectivity index (χ0) is 14.0. The number of nitrogens with two attached hydrogens (primary N) is 1. The number of allylic oxidation sites excluding steroid dienone is 1. The topological polar surface area (TPSA) is 102 Å². The zero-order valence-corrected chi connectivity index (χ0v) is 10.4. The fourth-order valence-corrected chi connectivity index (χ4v) is 1.71. The molecule has 6 nitrogen and oxygen atoms in total. The van der Waals surface area contributed by atoms with Gasteiger partial charge in [-0.2, -0.15) is 0 Å². The Kier molecular flexibility index (Phi) is 3.41. The number of hydrogen-bond acceptors (Lipinski definition) is 5. The van der Waals surface area contributed by atoms with Gasteiger partial charge in [0.1, 0.15) is 11.6 Å². The fourth-order valence-electron chi connectivity index (χ4n) is 1.71. The van der Waals surface area contributed by atoms with Gasteiger partial charge in [-0.1, -0.05) is 0 Å². The van der Waals surface area contributed by atoms with Crippen LogP contribution in [-0.2, 0) is 4.79 Å². The van der Waals surface area contributed by atoms with Crippen LogP contribution in [0.5, 0.6) is 5.75 Å². The number of aliphatic carboxylic acids is 1. The van der Waals surface area contributed by atoms with Gasteiger partial charge in [-0.15, -0.1) is 0 Å². The van der Waals surface area contributed by atoms with Gasteiger partial charge in [-0.3, -0.25) is 9.59 Å². The van der Waals surface area contributed by atoms with Gasteiger partial charge in [-0.25, -0.2) is 0 Å². The van der Waals surface area contributed by atoms with Crippen LogP contribution in [0.25, 0.3) is 0 Å². The number of anilines is 1. The number of carboxylic acids is 1. The molecule has 0 atom stereocenters. The molecule has 0 bridgehead atoms. The molecule has 0 spiro atoms. The Labute approximate surface area is 109 Å². The molecule has 100 valence electrons. The molecule has 0 saturated carbocycles. The Balaban J connectivity index is 2.17. The van der Waals surface area contributed by atoms with Crippen molar-refractivity contribution in [2.45, 2.75) is 19.8 Å². The van der Waals surface area contributed by atoms with E-state index in [1.807, 2.05) is 0 Å². The van der Waals surface area contributed by atoms with E-state index < -0.39 is 5.97 Å². The summed E-state index contributed by atoms with van der Waals surface area (Å²) in [6.07, 6.45) is -0.208. The summed E-state index contributed by atoms with van der Waals surface area (Å²) < 4.78 is 5.46. The molecule has 0 aromatic heterocycles. The van der Waals surface area contributed by atoms with Crippen molar-refractivity contribution in [3.63, 3.8) is 0 Å². The number of ether oxygens (including phenoxy) is 1. The summed E-state index contributed by atoms with van der Waals surface area (Å²) in [4.78, 5) is 22.2. The molecular weight excluding hydrogens is 248 g/mol. The summed E-state index contributed by atoms with van der Waals surface area (Å²) in [6, 6.07) is 4.88. The predicted molar refractivity (Wildman–Crippen MR) is 68.8 cm³/mol. The van der Waals surface area contributed by atoms with Crippen LogP contribution < -0.4 is 15.8 Å². The van der Waals surface area contributed by atoms with Gasteiger partial charge >= 0.3 is 5.97 Å². The number of carboxylic acid groups (broad SMARTS) is 1. The average Bonchev–Trinajstić information content (AvgIpc) is 2.36. The van der Waals surface area contributed by atoms with Crippen molar-refractivity contribution in [2.75, 3.05) is 5.32 Å². The lowest BCUT2D eigenvalue weighted by atomic mass is 10.1. The molecule has 4 N–H and O–H groups in total. The lowest BCUT2D eigenvalue weighted by molar-refractivity contribution is -0.136. The van der Waals surface area contributed by atoms with E-state index in [-0.39, 0.29) is 18.6 Å². The number of carbonyl (C=O) groups is 2. The van der Waals surface area contributed by atoms with Gasteiger partial charge in [0.2, 0.25) is 0 Å². The van der Waals surface area contributed by atoms with E-state index >= 15 is 0 Å². The number of rotatable bonds is 4. The third kappa shape index (κ3) is 2.85. The minimum absolute atomic E-state index is 0.0284. The summed E-state index contributed by atoms with van der Waals surface area (Å²) in [6.45, 7) is 1.73. The standard InChI is InChI=1S/C13H14N2O4/c1-7-13(14)15-9-6-8(2-4-11(9)19-7)10(16)3-5-12(17)18/h2,4,6,15H,3,5,14H2,1H3,(H,17,18). The summed E-state index contributed by atoms with van der Waals surface area (Å²) in [5.41, 5.74) is 6.73. The third-order valence-electron chi connectivity index (χ3n) is 2.78. The van der Waals surface area contributed by atoms with Crippen LogP contribution in [-0.4, -0.2) is 16.9 Å². The van der Waals surface area contributed by atoms with Crippen molar-refractivity contribution in [1.29, 1.82) is 0 Å². The van der Waals surface area contributed by atoms with Crippen molar-refractivity contribution in [2.24, 2.45) is 5.73 Å². The molecule has 2 rings (SSSR count). The quantitative estimate of drug-likeness (QED) is 0.714. The Hall–Kier alpha value is -2.50. The molecule has 1 aromatic rings. The van der Waals surface area contributed by atoms with E-state index in [1.54, 1.807) is 25.1 Å². The van der Waals surface area contributed by atoms with Crippen molar-refractivity contribution >= 4 is 17.4 Å². The van der Waals surface area contributed by atoms with Crippen LogP contribution in [0.1, 0.15) is 30.1 Å². The minimum Gasteiger partial charge on any atom is -0.481 e. The number of fused-ring (bicyclic) bond motifs is 1. The minimum atomic E-state index is -0.990. The molecule has 19 heavy (non-hydrogen) atoms. The molecule has 0 fully saturated rings. The van der Waals surface area contributed by atoms with E-state index in [4.69, 9.17) is 15.6 Å². The first-order valence-corrected chi connectivity index (χ1v) is 5.77. The first kappa shape index (κ1) is 12.9. The second-order valence-corrected chi connectivity index (χ2v) is 4.22. The van der Waals surface area contributed by atoms with E-state index in [1.165, 1.54) is 0 Å². The maximum Gasteiger partial charge on any atom is 0.303 e.